The lowest BCUT2D eigenvalue weighted by atomic mass is 9.78. The molecule has 1 atom stereocenters. The number of carbonyl (C=O) groups excluding carboxylic acids is 1. The summed E-state index contributed by atoms with van der Waals surface area (Å²) in [4.78, 5) is 37.8. The summed E-state index contributed by atoms with van der Waals surface area (Å²) < 4.78 is 46.4. The van der Waals surface area contributed by atoms with Crippen molar-refractivity contribution in [2.45, 2.75) is 32.0 Å². The van der Waals surface area contributed by atoms with Gasteiger partial charge in [0.1, 0.15) is 47.4 Å². The highest BCUT2D eigenvalue weighted by atomic mass is 35.5. The van der Waals surface area contributed by atoms with Gasteiger partial charge in [0, 0.05) is 70.8 Å². The normalized spacial score (nSPS) is 14.3. The summed E-state index contributed by atoms with van der Waals surface area (Å²) in [6.07, 6.45) is 1.88. The van der Waals surface area contributed by atoms with E-state index in [4.69, 9.17) is 40.3 Å². The maximum atomic E-state index is 15.1. The van der Waals surface area contributed by atoms with Gasteiger partial charge in [0.15, 0.2) is 5.82 Å². The zero-order valence-corrected chi connectivity index (χ0v) is 37.6. The Morgan fingerprint density at radius 3 is 2.41 bits per heavy atom. The third kappa shape index (κ3) is 8.22. The molecule has 1 fully saturated rings. The molecule has 0 N–H and O–H groups in total. The van der Waals surface area contributed by atoms with Crippen LogP contribution in [0.3, 0.4) is 0 Å². The Balaban J connectivity index is 1.08. The second-order valence-electron chi connectivity index (χ2n) is 16.2. The zero-order chi connectivity index (χ0) is 44.5. The molecule has 3 aromatic heterocycles. The maximum Gasteiger partial charge on any atom is 0.348 e. The molecular weight excluding hydrogens is 855 g/mol. The summed E-state index contributed by atoms with van der Waals surface area (Å²) in [5, 5.41) is 4.51. The number of likely N-dealkylation sites (N-methyl/N-ethyl adjacent to an activating group) is 1. The molecule has 4 heterocycles. The Kier molecular flexibility index (Phi) is 12.2. The van der Waals surface area contributed by atoms with Gasteiger partial charge in [-0.05, 0) is 66.4 Å². The van der Waals surface area contributed by atoms with Gasteiger partial charge in [0.05, 0.1) is 35.9 Å². The number of fused-ring (bicyclic) bond motifs is 8. The van der Waals surface area contributed by atoms with E-state index < -0.39 is 23.3 Å². The monoisotopic (exact) mass is 900 g/mol. The zero-order valence-electron chi connectivity index (χ0n) is 36.1. The minimum Gasteiger partial charge on any atom is -0.496 e. The van der Waals surface area contributed by atoms with Crippen molar-refractivity contribution in [3.05, 3.63) is 120 Å². The number of halogens is 2. The molecule has 64 heavy (non-hydrogen) atoms. The van der Waals surface area contributed by atoms with Crippen LogP contribution in [-0.4, -0.2) is 102 Å². The van der Waals surface area contributed by atoms with Crippen LogP contribution >= 0.6 is 22.9 Å². The van der Waals surface area contributed by atoms with Crippen LogP contribution in [-0.2, 0) is 21.6 Å². The van der Waals surface area contributed by atoms with Gasteiger partial charge in [-0.3, -0.25) is 4.90 Å². The summed E-state index contributed by atoms with van der Waals surface area (Å²) in [5.41, 5.74) is 1.04. The molecule has 0 saturated carbocycles. The number of hydrogen-bond donors (Lipinski definition) is 0. The SMILES string of the molecule is COC(=O)[C@H](Oc1ncnc2sc3c4ccc(F)cc4c4c(Cl)c(OCCN5CCN(C)CC5)ccc4c3c12)C(C)(C)c1ccccc1OCc1ccnc(-c2ccccc2OC)n1. The quantitative estimate of drug-likeness (QED) is 0.0764. The summed E-state index contributed by atoms with van der Waals surface area (Å²) in [7, 11) is 5.06. The molecule has 9 rings (SSSR count). The number of carbonyl (C=O) groups is 1. The molecule has 0 unspecified atom stereocenters. The highest BCUT2D eigenvalue weighted by molar-refractivity contribution is 7.26. The number of aromatic nitrogens is 4. The van der Waals surface area contributed by atoms with Crippen LogP contribution in [0.1, 0.15) is 25.1 Å². The highest BCUT2D eigenvalue weighted by Gasteiger charge is 2.42. The molecule has 0 bridgehead atoms. The number of para-hydroxylation sites is 2. The number of nitrogens with zero attached hydrogens (tertiary/aromatic N) is 6. The lowest BCUT2D eigenvalue weighted by molar-refractivity contribution is -0.152. The Morgan fingerprint density at radius 2 is 1.61 bits per heavy atom. The Hall–Kier alpha value is -6.19. The van der Waals surface area contributed by atoms with Crippen molar-refractivity contribution in [3.63, 3.8) is 0 Å². The van der Waals surface area contributed by atoms with Crippen LogP contribution in [0.5, 0.6) is 23.1 Å². The number of rotatable bonds is 14. The van der Waals surface area contributed by atoms with E-state index in [1.807, 2.05) is 74.5 Å². The molecule has 1 aliphatic rings. The Bertz CT molecular complexity index is 3030. The van der Waals surface area contributed by atoms with Crippen LogP contribution in [0.2, 0.25) is 5.02 Å². The molecule has 0 aliphatic carbocycles. The summed E-state index contributed by atoms with van der Waals surface area (Å²) in [6, 6.07) is 25.3. The molecule has 5 aromatic carbocycles. The number of benzene rings is 5. The molecule has 0 amide bonds. The fraction of sp³-hybridized carbons (Fsp3) is 0.286. The summed E-state index contributed by atoms with van der Waals surface area (Å²) in [6.45, 7) is 9.06. The second kappa shape index (κ2) is 18.1. The van der Waals surface area contributed by atoms with Crippen molar-refractivity contribution in [2.75, 3.05) is 60.6 Å². The second-order valence-corrected chi connectivity index (χ2v) is 17.6. The first-order valence-electron chi connectivity index (χ1n) is 20.9. The Labute approximate surface area is 378 Å². The fourth-order valence-electron chi connectivity index (χ4n) is 8.42. The van der Waals surface area contributed by atoms with E-state index in [-0.39, 0.29) is 12.5 Å². The highest BCUT2D eigenvalue weighted by Crippen LogP contribution is 2.49. The first-order valence-corrected chi connectivity index (χ1v) is 22.1. The van der Waals surface area contributed by atoms with Crippen LogP contribution in [0.25, 0.3) is 53.2 Å². The predicted molar refractivity (Wildman–Crippen MR) is 249 cm³/mol. The molecule has 8 aromatic rings. The molecule has 0 radical (unpaired) electrons. The average molecular weight is 901 g/mol. The average Bonchev–Trinajstić information content (AvgIpc) is 3.72. The number of thiophene rings is 1. The van der Waals surface area contributed by atoms with E-state index in [9.17, 15) is 4.79 Å². The topological polar surface area (TPSA) is 121 Å². The smallest absolute Gasteiger partial charge is 0.348 e. The van der Waals surface area contributed by atoms with Crippen molar-refractivity contribution in [1.29, 1.82) is 0 Å². The third-order valence-corrected chi connectivity index (χ3v) is 13.4. The van der Waals surface area contributed by atoms with Gasteiger partial charge in [0.2, 0.25) is 12.0 Å². The number of hydrogen-bond acceptors (Lipinski definition) is 13. The lowest BCUT2D eigenvalue weighted by Crippen LogP contribution is -2.45. The lowest BCUT2D eigenvalue weighted by Gasteiger charge is -2.33. The standard InChI is InChI=1S/C49H46ClFN6O6S/c1-49(2,35-11-7-9-13-37(35)62-27-30-18-19-52-45(55-30)32-10-6-8-12-36(32)59-4)44(48(58)60-5)63-46-41-40-33-16-17-38(61-25-24-57-22-20-56(3)21-23-57)42(50)39(33)34-26-29(51)14-15-31(34)43(40)64-47(41)54-28-53-46/h6-19,26,28,44H,20-25,27H2,1-5H3/t44-/m0/s1. The number of ether oxygens (including phenoxy) is 5. The first kappa shape index (κ1) is 43.1. The van der Waals surface area contributed by atoms with Crippen LogP contribution < -0.4 is 18.9 Å². The van der Waals surface area contributed by atoms with Gasteiger partial charge >= 0.3 is 5.97 Å². The number of piperazine rings is 1. The molecule has 328 valence electrons. The van der Waals surface area contributed by atoms with E-state index in [2.05, 4.69) is 31.8 Å². The van der Waals surface area contributed by atoms with E-state index >= 15 is 4.39 Å². The fourth-order valence-corrected chi connectivity index (χ4v) is 9.93. The predicted octanol–water partition coefficient (Wildman–Crippen LogP) is 9.51. The number of esters is 1. The van der Waals surface area contributed by atoms with Gasteiger partial charge in [0.25, 0.3) is 0 Å². The van der Waals surface area contributed by atoms with Crippen LogP contribution in [0.15, 0.2) is 97.5 Å². The van der Waals surface area contributed by atoms with Crippen LogP contribution in [0.4, 0.5) is 4.39 Å². The van der Waals surface area contributed by atoms with Crippen molar-refractivity contribution in [3.8, 4) is 34.5 Å². The number of methoxy groups -OCH3 is 2. The molecule has 12 nitrogen and oxygen atoms in total. The van der Waals surface area contributed by atoms with Crippen molar-refractivity contribution in [1.82, 2.24) is 29.7 Å². The molecular formula is C49H46ClFN6O6S. The van der Waals surface area contributed by atoms with E-state index in [1.165, 1.54) is 36.9 Å². The largest absolute Gasteiger partial charge is 0.496 e. The summed E-state index contributed by atoms with van der Waals surface area (Å²) in [5.74, 6) is 1.36. The first-order chi connectivity index (χ1) is 31.0. The van der Waals surface area contributed by atoms with Crippen molar-refractivity contribution in [2.24, 2.45) is 0 Å². The minimum absolute atomic E-state index is 0.117. The van der Waals surface area contributed by atoms with Gasteiger partial charge in [-0.15, -0.1) is 11.3 Å². The van der Waals surface area contributed by atoms with Crippen molar-refractivity contribution < 1.29 is 32.9 Å². The van der Waals surface area contributed by atoms with Gasteiger partial charge < -0.3 is 28.6 Å². The van der Waals surface area contributed by atoms with Gasteiger partial charge in [-0.2, -0.15) is 0 Å². The minimum atomic E-state index is -1.21. The molecule has 0 spiro atoms. The van der Waals surface area contributed by atoms with Gasteiger partial charge in [-0.1, -0.05) is 61.8 Å². The van der Waals surface area contributed by atoms with E-state index in [0.717, 1.165) is 59.1 Å². The van der Waals surface area contributed by atoms with Gasteiger partial charge in [-0.25, -0.2) is 29.1 Å². The van der Waals surface area contributed by atoms with E-state index in [0.29, 0.717) is 66.9 Å². The van der Waals surface area contributed by atoms with Crippen molar-refractivity contribution >= 4 is 70.8 Å². The molecule has 1 saturated heterocycles. The molecule has 15 heteroatoms. The maximum absolute atomic E-state index is 15.1. The molecule has 1 aliphatic heterocycles. The third-order valence-electron chi connectivity index (χ3n) is 11.9. The van der Waals surface area contributed by atoms with E-state index in [1.54, 1.807) is 25.4 Å². The van der Waals surface area contributed by atoms with Crippen LogP contribution in [0, 0.1) is 5.82 Å². The Morgan fingerprint density at radius 1 is 0.844 bits per heavy atom. The summed E-state index contributed by atoms with van der Waals surface area (Å²) >= 11 is 8.69.